The van der Waals surface area contributed by atoms with Crippen molar-refractivity contribution in [2.75, 3.05) is 17.5 Å². The van der Waals surface area contributed by atoms with Crippen molar-refractivity contribution in [3.05, 3.63) is 59.7 Å². The summed E-state index contributed by atoms with van der Waals surface area (Å²) in [5.41, 5.74) is 1.60. The molecule has 1 aliphatic rings. The Balaban J connectivity index is 2.09. The number of ketones is 1. The number of Topliss-reactive ketones (excluding diaryl/α,β-unsaturated/α-hetero) is 1. The Morgan fingerprint density at radius 3 is 2.46 bits per heavy atom. The van der Waals surface area contributed by atoms with Crippen LogP contribution in [0.2, 0.25) is 0 Å². The van der Waals surface area contributed by atoms with Crippen LogP contribution < -0.4 is 4.31 Å². The molecule has 26 heavy (non-hydrogen) atoms. The van der Waals surface area contributed by atoms with E-state index < -0.39 is 34.2 Å². The lowest BCUT2D eigenvalue weighted by Crippen LogP contribution is -2.44. The highest BCUT2D eigenvalue weighted by Gasteiger charge is 2.41. The molecular weight excluding hydrogens is 354 g/mol. The van der Waals surface area contributed by atoms with Gasteiger partial charge in [0, 0.05) is 0 Å². The summed E-state index contributed by atoms with van der Waals surface area (Å²) in [5.74, 6) is -2.26. The predicted octanol–water partition coefficient (Wildman–Crippen LogP) is 2.42. The van der Waals surface area contributed by atoms with Crippen molar-refractivity contribution < 1.29 is 22.7 Å². The molecule has 0 saturated heterocycles. The van der Waals surface area contributed by atoms with Crippen LogP contribution in [0.15, 0.2) is 53.4 Å². The Kier molecular flexibility index (Phi) is 4.82. The van der Waals surface area contributed by atoms with Gasteiger partial charge in [0.15, 0.2) is 5.78 Å². The third-order valence-electron chi connectivity index (χ3n) is 4.27. The zero-order chi connectivity index (χ0) is 18.9. The molecule has 0 saturated carbocycles. The second-order valence-corrected chi connectivity index (χ2v) is 7.90. The number of hydrogen-bond acceptors (Lipinski definition) is 5. The molecule has 0 fully saturated rings. The molecule has 2 aromatic carbocycles. The summed E-state index contributed by atoms with van der Waals surface area (Å²) >= 11 is 0. The number of nitrogens with zero attached hydrogens (tertiary/aromatic N) is 1. The van der Waals surface area contributed by atoms with Gasteiger partial charge in [-0.05, 0) is 37.6 Å². The standard InChI is InChI=1S/C19H19NO5S/c1-3-25-19(22)18-15-6-4-5-7-16(15)20(12-17(18)21)26(23,24)14-10-8-13(2)9-11-14/h4-11,18H,3,12H2,1-2H3. The van der Waals surface area contributed by atoms with Gasteiger partial charge < -0.3 is 4.74 Å². The number of carbonyl (C=O) groups is 2. The summed E-state index contributed by atoms with van der Waals surface area (Å²) in [6, 6.07) is 12.9. The number of esters is 1. The number of carbonyl (C=O) groups excluding carboxylic acids is 2. The van der Waals surface area contributed by atoms with Crippen LogP contribution >= 0.6 is 0 Å². The van der Waals surface area contributed by atoms with Gasteiger partial charge >= 0.3 is 5.97 Å². The van der Waals surface area contributed by atoms with Crippen LogP contribution in [0.1, 0.15) is 24.0 Å². The molecular formula is C19H19NO5S. The fraction of sp³-hybridized carbons (Fsp3) is 0.263. The van der Waals surface area contributed by atoms with Crippen LogP contribution in [0.3, 0.4) is 0 Å². The quantitative estimate of drug-likeness (QED) is 0.607. The van der Waals surface area contributed by atoms with Crippen molar-refractivity contribution in [1.82, 2.24) is 0 Å². The highest BCUT2D eigenvalue weighted by atomic mass is 32.2. The predicted molar refractivity (Wildman–Crippen MR) is 96.5 cm³/mol. The van der Waals surface area contributed by atoms with E-state index in [1.165, 1.54) is 12.1 Å². The highest BCUT2D eigenvalue weighted by molar-refractivity contribution is 7.92. The van der Waals surface area contributed by atoms with Gasteiger partial charge in [-0.25, -0.2) is 8.42 Å². The second kappa shape index (κ2) is 6.92. The molecule has 0 radical (unpaired) electrons. The first kappa shape index (κ1) is 18.1. The molecule has 136 valence electrons. The summed E-state index contributed by atoms with van der Waals surface area (Å²) < 4.78 is 32.2. The molecule has 0 bridgehead atoms. The van der Waals surface area contributed by atoms with Crippen LogP contribution in [-0.4, -0.2) is 33.3 Å². The van der Waals surface area contributed by atoms with E-state index in [1.54, 1.807) is 43.3 Å². The van der Waals surface area contributed by atoms with Crippen LogP contribution in [0.25, 0.3) is 0 Å². The first-order chi connectivity index (χ1) is 12.4. The van der Waals surface area contributed by atoms with E-state index in [9.17, 15) is 18.0 Å². The van der Waals surface area contributed by atoms with Gasteiger partial charge in [-0.3, -0.25) is 13.9 Å². The van der Waals surface area contributed by atoms with Gasteiger partial charge in [-0.1, -0.05) is 35.9 Å². The number of anilines is 1. The van der Waals surface area contributed by atoms with E-state index in [1.807, 2.05) is 6.92 Å². The fourth-order valence-corrected chi connectivity index (χ4v) is 4.44. The molecule has 1 unspecified atom stereocenters. The molecule has 6 nitrogen and oxygen atoms in total. The first-order valence-corrected chi connectivity index (χ1v) is 9.68. The molecule has 1 heterocycles. The average molecular weight is 373 g/mol. The van der Waals surface area contributed by atoms with Gasteiger partial charge in [0.2, 0.25) is 0 Å². The minimum absolute atomic E-state index is 0.0975. The van der Waals surface area contributed by atoms with E-state index in [2.05, 4.69) is 0 Å². The van der Waals surface area contributed by atoms with Crippen molar-refractivity contribution in [2.24, 2.45) is 0 Å². The normalized spacial score (nSPS) is 16.9. The van der Waals surface area contributed by atoms with E-state index in [0.29, 0.717) is 11.3 Å². The van der Waals surface area contributed by atoms with Crippen molar-refractivity contribution in [3.63, 3.8) is 0 Å². The SMILES string of the molecule is CCOC(=O)C1C(=O)CN(S(=O)(=O)c2ccc(C)cc2)c2ccccc21. The minimum Gasteiger partial charge on any atom is -0.465 e. The Labute approximate surface area is 152 Å². The third kappa shape index (κ3) is 3.10. The lowest BCUT2D eigenvalue weighted by molar-refractivity contribution is -0.147. The molecule has 0 amide bonds. The largest absolute Gasteiger partial charge is 0.465 e. The van der Waals surface area contributed by atoms with Crippen LogP contribution in [0.5, 0.6) is 0 Å². The molecule has 3 rings (SSSR count). The second-order valence-electron chi connectivity index (χ2n) is 6.03. The molecule has 0 aromatic heterocycles. The lowest BCUT2D eigenvalue weighted by Gasteiger charge is -2.33. The Morgan fingerprint density at radius 1 is 1.15 bits per heavy atom. The summed E-state index contributed by atoms with van der Waals surface area (Å²) in [5, 5.41) is 0. The van der Waals surface area contributed by atoms with E-state index in [-0.39, 0.29) is 11.5 Å². The minimum atomic E-state index is -3.93. The van der Waals surface area contributed by atoms with E-state index >= 15 is 0 Å². The summed E-state index contributed by atoms with van der Waals surface area (Å²) in [7, 11) is -3.93. The maximum atomic E-state index is 13.1. The van der Waals surface area contributed by atoms with Gasteiger partial charge in [0.1, 0.15) is 5.92 Å². The van der Waals surface area contributed by atoms with Crippen LogP contribution in [-0.2, 0) is 24.3 Å². The molecule has 7 heteroatoms. The number of sulfonamides is 1. The number of fused-ring (bicyclic) bond motifs is 1. The Morgan fingerprint density at radius 2 is 1.81 bits per heavy atom. The van der Waals surface area contributed by atoms with E-state index in [4.69, 9.17) is 4.74 Å². The van der Waals surface area contributed by atoms with Gasteiger partial charge in [0.05, 0.1) is 23.7 Å². The Bertz CT molecular complexity index is 950. The number of aryl methyl sites for hydroxylation is 1. The molecule has 0 N–H and O–H groups in total. The number of hydrogen-bond donors (Lipinski definition) is 0. The van der Waals surface area contributed by atoms with Crippen molar-refractivity contribution in [3.8, 4) is 0 Å². The summed E-state index contributed by atoms with van der Waals surface area (Å²) in [6.07, 6.45) is 0. The molecule has 1 atom stereocenters. The molecule has 2 aromatic rings. The van der Waals surface area contributed by atoms with Crippen molar-refractivity contribution >= 4 is 27.5 Å². The molecule has 0 spiro atoms. The lowest BCUT2D eigenvalue weighted by atomic mass is 9.90. The van der Waals surface area contributed by atoms with E-state index in [0.717, 1.165) is 9.87 Å². The van der Waals surface area contributed by atoms with Gasteiger partial charge in [-0.2, -0.15) is 0 Å². The Hall–Kier alpha value is -2.67. The zero-order valence-corrected chi connectivity index (χ0v) is 15.3. The number of para-hydroxylation sites is 1. The van der Waals surface area contributed by atoms with Gasteiger partial charge in [0.25, 0.3) is 10.0 Å². The molecule has 1 aliphatic heterocycles. The van der Waals surface area contributed by atoms with Crippen molar-refractivity contribution in [2.45, 2.75) is 24.7 Å². The maximum Gasteiger partial charge on any atom is 0.321 e. The van der Waals surface area contributed by atoms with Crippen molar-refractivity contribution in [1.29, 1.82) is 0 Å². The number of benzene rings is 2. The van der Waals surface area contributed by atoms with Gasteiger partial charge in [-0.15, -0.1) is 0 Å². The monoisotopic (exact) mass is 373 g/mol. The fourth-order valence-electron chi connectivity index (χ4n) is 2.99. The third-order valence-corrected chi connectivity index (χ3v) is 6.04. The number of rotatable bonds is 4. The maximum absolute atomic E-state index is 13.1. The zero-order valence-electron chi connectivity index (χ0n) is 14.5. The number of ether oxygens (including phenoxy) is 1. The van der Waals surface area contributed by atoms with Crippen LogP contribution in [0.4, 0.5) is 5.69 Å². The van der Waals surface area contributed by atoms with Crippen LogP contribution in [0, 0.1) is 6.92 Å². The first-order valence-electron chi connectivity index (χ1n) is 8.24. The summed E-state index contributed by atoms with van der Waals surface area (Å²) in [4.78, 5) is 24.9. The highest BCUT2D eigenvalue weighted by Crippen LogP contribution is 2.37. The summed E-state index contributed by atoms with van der Waals surface area (Å²) in [6.45, 7) is 3.26. The smallest absolute Gasteiger partial charge is 0.321 e. The average Bonchev–Trinajstić information content (AvgIpc) is 2.61. The topological polar surface area (TPSA) is 80.8 Å². The molecule has 0 aliphatic carbocycles.